The van der Waals surface area contributed by atoms with E-state index in [0.717, 1.165) is 0 Å². The molecule has 8 heteroatoms. The Morgan fingerprint density at radius 3 is 2.88 bits per heavy atom. The van der Waals surface area contributed by atoms with E-state index in [9.17, 15) is 17.6 Å². The van der Waals surface area contributed by atoms with Crippen LogP contribution in [0.5, 0.6) is 0 Å². The average Bonchev–Trinajstić information content (AvgIpc) is 3.06. The summed E-state index contributed by atoms with van der Waals surface area (Å²) in [6.07, 6.45) is 1.82. The van der Waals surface area contributed by atoms with Crippen molar-refractivity contribution < 1.29 is 17.6 Å². The van der Waals surface area contributed by atoms with Crippen LogP contribution >= 0.6 is 11.8 Å². The smallest absolute Gasteiger partial charge is 0.238 e. The minimum atomic E-state index is -3.35. The van der Waals surface area contributed by atoms with Crippen LogP contribution in [0.25, 0.3) is 0 Å². The predicted octanol–water partition coefficient (Wildman–Crippen LogP) is 2.38. The minimum Gasteiger partial charge on any atom is -0.354 e. The summed E-state index contributed by atoms with van der Waals surface area (Å²) in [5.74, 6) is 0.817. The molecule has 1 aliphatic heterocycles. The zero-order valence-electron chi connectivity index (χ0n) is 14.4. The monoisotopic (exact) mass is 388 g/mol. The molecular weight excluding hydrogens is 363 g/mol. The Hall–Kier alpha value is -1.12. The maximum atomic E-state index is 13.5. The largest absolute Gasteiger partial charge is 0.354 e. The highest BCUT2D eigenvalue weighted by molar-refractivity contribution is 7.98. The van der Waals surface area contributed by atoms with Crippen LogP contribution in [-0.4, -0.2) is 49.3 Å². The second-order valence-electron chi connectivity index (χ2n) is 6.02. The van der Waals surface area contributed by atoms with E-state index in [1.807, 2.05) is 6.92 Å². The zero-order valence-corrected chi connectivity index (χ0v) is 16.0. The van der Waals surface area contributed by atoms with Gasteiger partial charge in [-0.3, -0.25) is 4.79 Å². The fourth-order valence-electron chi connectivity index (χ4n) is 2.87. The number of carbonyl (C=O) groups is 1. The lowest BCUT2D eigenvalue weighted by atomic mass is 10.2. The normalized spacial score (nSPS) is 18.4. The second-order valence-corrected chi connectivity index (χ2v) is 9.17. The summed E-state index contributed by atoms with van der Waals surface area (Å²) >= 11 is 1.53. The van der Waals surface area contributed by atoms with Gasteiger partial charge < -0.3 is 5.32 Å². The lowest BCUT2D eigenvalue weighted by molar-refractivity contribution is -0.124. The van der Waals surface area contributed by atoms with Gasteiger partial charge >= 0.3 is 0 Å². The van der Waals surface area contributed by atoms with E-state index < -0.39 is 16.1 Å². The van der Waals surface area contributed by atoms with E-state index in [1.54, 1.807) is 18.2 Å². The summed E-state index contributed by atoms with van der Waals surface area (Å²) in [6.45, 7) is 2.67. The molecule has 0 aromatic heterocycles. The van der Waals surface area contributed by atoms with Crippen LogP contribution in [0.2, 0.25) is 0 Å². The number of amides is 1. The first kappa shape index (κ1) is 20.2. The minimum absolute atomic E-state index is 0.0786. The van der Waals surface area contributed by atoms with Crippen molar-refractivity contribution in [2.24, 2.45) is 0 Å². The molecule has 1 saturated heterocycles. The van der Waals surface area contributed by atoms with Crippen LogP contribution < -0.4 is 5.32 Å². The molecule has 0 saturated carbocycles. The first-order valence-electron chi connectivity index (χ1n) is 8.54. The predicted molar refractivity (Wildman–Crippen MR) is 99.4 cm³/mol. The molecule has 1 unspecified atom stereocenters. The Morgan fingerprint density at radius 1 is 1.40 bits per heavy atom. The molecule has 1 fully saturated rings. The van der Waals surface area contributed by atoms with E-state index >= 15 is 0 Å². The van der Waals surface area contributed by atoms with Crippen molar-refractivity contribution in [3.8, 4) is 0 Å². The molecule has 1 heterocycles. The first-order chi connectivity index (χ1) is 12.0. The van der Waals surface area contributed by atoms with Gasteiger partial charge in [0.1, 0.15) is 11.9 Å². The van der Waals surface area contributed by atoms with Crippen LogP contribution in [0.1, 0.15) is 31.7 Å². The number of hydrogen-bond acceptors (Lipinski definition) is 4. The zero-order chi connectivity index (χ0) is 18.3. The molecule has 1 N–H and O–H groups in total. The Labute approximate surface area is 153 Å². The van der Waals surface area contributed by atoms with E-state index in [-0.39, 0.29) is 17.5 Å². The van der Waals surface area contributed by atoms with Crippen molar-refractivity contribution in [2.45, 2.75) is 38.0 Å². The molecule has 0 bridgehead atoms. The molecule has 5 nitrogen and oxygen atoms in total. The Kier molecular flexibility index (Phi) is 7.71. The van der Waals surface area contributed by atoms with E-state index in [2.05, 4.69) is 5.32 Å². The second kappa shape index (κ2) is 9.54. The number of benzene rings is 1. The van der Waals surface area contributed by atoms with E-state index in [0.29, 0.717) is 49.4 Å². The van der Waals surface area contributed by atoms with Crippen molar-refractivity contribution in [1.29, 1.82) is 0 Å². The third kappa shape index (κ3) is 5.69. The highest BCUT2D eigenvalue weighted by Crippen LogP contribution is 2.22. The fourth-order valence-corrected chi connectivity index (χ4v) is 5.46. The SMILES string of the molecule is CCCS(=O)(=O)N1CCCC1C(=O)NCCSCc1ccccc1F. The van der Waals surface area contributed by atoms with Gasteiger partial charge in [0.05, 0.1) is 5.75 Å². The van der Waals surface area contributed by atoms with Gasteiger partial charge in [0.2, 0.25) is 15.9 Å². The van der Waals surface area contributed by atoms with Crippen molar-refractivity contribution in [2.75, 3.05) is 24.6 Å². The Morgan fingerprint density at radius 2 is 2.16 bits per heavy atom. The Bertz CT molecular complexity index is 682. The number of thioether (sulfide) groups is 1. The quantitative estimate of drug-likeness (QED) is 0.660. The summed E-state index contributed by atoms with van der Waals surface area (Å²) < 4.78 is 39.3. The Balaban J connectivity index is 1.75. The fraction of sp³-hybridized carbons (Fsp3) is 0.588. The summed E-state index contributed by atoms with van der Waals surface area (Å²) in [6, 6.07) is 6.04. The van der Waals surface area contributed by atoms with Gasteiger partial charge in [-0.15, -0.1) is 0 Å². The lowest BCUT2D eigenvalue weighted by Gasteiger charge is -2.23. The highest BCUT2D eigenvalue weighted by Gasteiger charge is 2.37. The van der Waals surface area contributed by atoms with Crippen molar-refractivity contribution in [3.05, 3.63) is 35.6 Å². The van der Waals surface area contributed by atoms with Gasteiger partial charge in [-0.1, -0.05) is 25.1 Å². The maximum absolute atomic E-state index is 13.5. The van der Waals surface area contributed by atoms with Gasteiger partial charge in [-0.25, -0.2) is 12.8 Å². The number of halogens is 1. The van der Waals surface area contributed by atoms with Gasteiger partial charge in [0.25, 0.3) is 0 Å². The molecule has 1 atom stereocenters. The third-order valence-electron chi connectivity index (χ3n) is 4.09. The molecule has 1 aromatic carbocycles. The van der Waals surface area contributed by atoms with Crippen LogP contribution in [0.4, 0.5) is 4.39 Å². The van der Waals surface area contributed by atoms with Crippen molar-refractivity contribution >= 4 is 27.7 Å². The average molecular weight is 389 g/mol. The number of rotatable bonds is 9. The number of sulfonamides is 1. The van der Waals surface area contributed by atoms with Gasteiger partial charge in [0.15, 0.2) is 0 Å². The van der Waals surface area contributed by atoms with Gasteiger partial charge in [0, 0.05) is 24.6 Å². The molecule has 1 aromatic rings. The van der Waals surface area contributed by atoms with Crippen LogP contribution in [0.15, 0.2) is 24.3 Å². The van der Waals surface area contributed by atoms with Gasteiger partial charge in [-0.2, -0.15) is 16.1 Å². The van der Waals surface area contributed by atoms with Gasteiger partial charge in [-0.05, 0) is 30.9 Å². The summed E-state index contributed by atoms with van der Waals surface area (Å²) in [7, 11) is -3.35. The maximum Gasteiger partial charge on any atom is 0.238 e. The molecule has 25 heavy (non-hydrogen) atoms. The topological polar surface area (TPSA) is 66.5 Å². The standard InChI is InChI=1S/C17H25FN2O3S2/c1-2-12-25(22,23)20-10-5-8-16(20)17(21)19-9-11-24-13-14-6-3-4-7-15(14)18/h3-4,6-7,16H,2,5,8-13H2,1H3,(H,19,21). The molecule has 140 valence electrons. The van der Waals surface area contributed by atoms with Crippen molar-refractivity contribution in [3.63, 3.8) is 0 Å². The molecule has 1 aliphatic rings. The summed E-state index contributed by atoms with van der Waals surface area (Å²) in [5, 5.41) is 2.81. The molecule has 0 spiro atoms. The summed E-state index contributed by atoms with van der Waals surface area (Å²) in [5.41, 5.74) is 0.645. The molecular formula is C17H25FN2O3S2. The first-order valence-corrected chi connectivity index (χ1v) is 11.3. The lowest BCUT2D eigenvalue weighted by Crippen LogP contribution is -2.47. The molecule has 0 radical (unpaired) electrons. The number of carbonyl (C=O) groups excluding carboxylic acids is 1. The number of nitrogens with zero attached hydrogens (tertiary/aromatic N) is 1. The molecule has 2 rings (SSSR count). The number of hydrogen-bond donors (Lipinski definition) is 1. The highest BCUT2D eigenvalue weighted by atomic mass is 32.2. The third-order valence-corrected chi connectivity index (χ3v) is 7.17. The van der Waals surface area contributed by atoms with E-state index in [1.165, 1.54) is 22.1 Å². The molecule has 1 amide bonds. The molecule has 0 aliphatic carbocycles. The van der Waals surface area contributed by atoms with Crippen LogP contribution in [-0.2, 0) is 20.6 Å². The number of nitrogens with one attached hydrogen (secondary N) is 1. The van der Waals surface area contributed by atoms with Crippen LogP contribution in [0.3, 0.4) is 0 Å². The van der Waals surface area contributed by atoms with Crippen LogP contribution in [0, 0.1) is 5.82 Å². The van der Waals surface area contributed by atoms with E-state index in [4.69, 9.17) is 0 Å². The summed E-state index contributed by atoms with van der Waals surface area (Å²) in [4.78, 5) is 12.3. The van der Waals surface area contributed by atoms with Crippen molar-refractivity contribution in [1.82, 2.24) is 9.62 Å².